The number of benzene rings is 2. The van der Waals surface area contributed by atoms with Crippen molar-refractivity contribution in [3.05, 3.63) is 59.9 Å². The van der Waals surface area contributed by atoms with Crippen LogP contribution in [0, 0.1) is 6.92 Å². The first-order valence-electron chi connectivity index (χ1n) is 9.35. The number of aromatic nitrogens is 2. The number of alkyl halides is 2. The maximum absolute atomic E-state index is 12.3. The molecule has 3 rings (SSSR count). The molecule has 1 heterocycles. The monoisotopic (exact) mass is 529 g/mol. The number of ether oxygens (including phenoxy) is 1. The van der Waals surface area contributed by atoms with Gasteiger partial charge in [0, 0.05) is 33.7 Å². The Morgan fingerprint density at radius 3 is 2.57 bits per heavy atom. The smallest absolute Gasteiger partial charge is 0.387 e. The van der Waals surface area contributed by atoms with Crippen molar-refractivity contribution in [2.45, 2.75) is 26.6 Å². The number of halogens is 3. The zero-order valence-electron chi connectivity index (χ0n) is 17.2. The van der Waals surface area contributed by atoms with E-state index in [0.29, 0.717) is 13.1 Å². The van der Waals surface area contributed by atoms with Crippen molar-refractivity contribution in [1.29, 1.82) is 0 Å². The van der Waals surface area contributed by atoms with Crippen molar-refractivity contribution in [2.75, 3.05) is 20.6 Å². The summed E-state index contributed by atoms with van der Waals surface area (Å²) in [6.45, 7) is 1.23. The lowest BCUT2D eigenvalue weighted by atomic mass is 10.2. The van der Waals surface area contributed by atoms with E-state index in [0.717, 1.165) is 34.9 Å². The number of rotatable bonds is 7. The van der Waals surface area contributed by atoms with Crippen molar-refractivity contribution in [3.63, 3.8) is 0 Å². The number of hydrogen-bond acceptors (Lipinski definition) is 3. The molecule has 30 heavy (non-hydrogen) atoms. The van der Waals surface area contributed by atoms with E-state index < -0.39 is 6.61 Å². The van der Waals surface area contributed by atoms with Gasteiger partial charge in [0.15, 0.2) is 5.96 Å². The van der Waals surface area contributed by atoms with Crippen molar-refractivity contribution < 1.29 is 13.5 Å². The number of hydrogen-bond donors (Lipinski definition) is 1. The van der Waals surface area contributed by atoms with E-state index in [9.17, 15) is 8.78 Å². The largest absolute Gasteiger partial charge is 0.435 e. The minimum absolute atomic E-state index is 0. The Morgan fingerprint density at radius 1 is 1.20 bits per heavy atom. The Hall–Kier alpha value is -2.43. The van der Waals surface area contributed by atoms with Crippen LogP contribution in [0.15, 0.2) is 53.5 Å². The Morgan fingerprint density at radius 2 is 1.90 bits per heavy atom. The van der Waals surface area contributed by atoms with Gasteiger partial charge in [-0.1, -0.05) is 24.3 Å². The van der Waals surface area contributed by atoms with Gasteiger partial charge in [-0.2, -0.15) is 8.78 Å². The number of nitrogens with zero attached hydrogens (tertiary/aromatic N) is 4. The van der Waals surface area contributed by atoms with Gasteiger partial charge in [0.2, 0.25) is 0 Å². The van der Waals surface area contributed by atoms with Crippen LogP contribution in [0.5, 0.6) is 5.75 Å². The summed E-state index contributed by atoms with van der Waals surface area (Å²) < 4.78 is 31.1. The molecule has 0 fully saturated rings. The number of nitrogens with one attached hydrogen (secondary N) is 1. The number of imidazole rings is 1. The lowest BCUT2D eigenvalue weighted by molar-refractivity contribution is -0.0498. The van der Waals surface area contributed by atoms with Gasteiger partial charge in [-0.25, -0.2) is 4.98 Å². The summed E-state index contributed by atoms with van der Waals surface area (Å²) in [6.07, 6.45) is 0. The predicted octanol–water partition coefficient (Wildman–Crippen LogP) is 4.27. The summed E-state index contributed by atoms with van der Waals surface area (Å²) in [4.78, 5) is 10.9. The van der Waals surface area contributed by atoms with Crippen molar-refractivity contribution in [1.82, 2.24) is 19.8 Å². The van der Waals surface area contributed by atoms with Crippen LogP contribution in [0.4, 0.5) is 8.78 Å². The van der Waals surface area contributed by atoms with E-state index in [4.69, 9.17) is 0 Å². The van der Waals surface area contributed by atoms with Crippen molar-refractivity contribution in [2.24, 2.45) is 4.99 Å². The third-order valence-corrected chi connectivity index (χ3v) is 4.61. The fraction of sp³-hybridized carbons (Fsp3) is 0.333. The Bertz CT molecular complexity index is 975. The van der Waals surface area contributed by atoms with Crippen molar-refractivity contribution >= 4 is 41.0 Å². The third kappa shape index (κ3) is 6.04. The van der Waals surface area contributed by atoms with Crippen LogP contribution in [0.3, 0.4) is 0 Å². The molecule has 2 aromatic carbocycles. The highest BCUT2D eigenvalue weighted by Gasteiger charge is 2.10. The molecule has 1 N–H and O–H groups in total. The molecule has 1 aromatic heterocycles. The van der Waals surface area contributed by atoms with Crippen LogP contribution in [0.1, 0.15) is 11.4 Å². The molecule has 0 aliphatic heterocycles. The summed E-state index contributed by atoms with van der Waals surface area (Å²) in [7, 11) is 3.66. The van der Waals surface area contributed by atoms with E-state index in [1.807, 2.05) is 37.1 Å². The van der Waals surface area contributed by atoms with E-state index in [1.165, 1.54) is 0 Å². The number of aliphatic imine (C=N–C) groups is 1. The van der Waals surface area contributed by atoms with Crippen LogP contribution < -0.4 is 10.1 Å². The average molecular weight is 529 g/mol. The Kier molecular flexibility index (Phi) is 8.82. The summed E-state index contributed by atoms with van der Waals surface area (Å²) in [5.74, 6) is 1.87. The van der Waals surface area contributed by atoms with Gasteiger partial charge >= 0.3 is 6.61 Å². The summed E-state index contributed by atoms with van der Waals surface area (Å²) >= 11 is 0. The molecule has 0 unspecified atom stereocenters. The van der Waals surface area contributed by atoms with E-state index in [1.54, 1.807) is 31.3 Å². The van der Waals surface area contributed by atoms with E-state index in [2.05, 4.69) is 30.7 Å². The number of guanidine groups is 1. The van der Waals surface area contributed by atoms with Gasteiger partial charge in [-0.3, -0.25) is 4.99 Å². The van der Waals surface area contributed by atoms with E-state index in [-0.39, 0.29) is 29.7 Å². The molecular formula is C21H26F2IN5O. The molecule has 162 valence electrons. The third-order valence-electron chi connectivity index (χ3n) is 4.61. The van der Waals surface area contributed by atoms with E-state index >= 15 is 0 Å². The minimum atomic E-state index is -2.82. The maximum atomic E-state index is 12.3. The molecule has 0 aliphatic carbocycles. The maximum Gasteiger partial charge on any atom is 0.387 e. The lowest BCUT2D eigenvalue weighted by Gasteiger charge is -2.22. The van der Waals surface area contributed by atoms with Crippen LogP contribution in [0.25, 0.3) is 11.0 Å². The second kappa shape index (κ2) is 11.1. The molecule has 0 amide bonds. The van der Waals surface area contributed by atoms with Crippen molar-refractivity contribution in [3.8, 4) is 5.75 Å². The number of fused-ring (bicyclic) bond motifs is 1. The Labute approximate surface area is 192 Å². The molecule has 0 aliphatic rings. The normalized spacial score (nSPS) is 11.5. The summed E-state index contributed by atoms with van der Waals surface area (Å²) in [5, 5.41) is 3.36. The number of para-hydroxylation sites is 2. The molecule has 0 saturated carbocycles. The lowest BCUT2D eigenvalue weighted by Crippen LogP contribution is -2.39. The van der Waals surface area contributed by atoms with Gasteiger partial charge in [0.05, 0.1) is 11.0 Å². The van der Waals surface area contributed by atoms with Crippen LogP contribution in [-0.4, -0.2) is 47.7 Å². The fourth-order valence-electron chi connectivity index (χ4n) is 3.27. The SMILES string of the molecule is CN=C(NCCn1c(C)nc2ccccc21)N(C)Cc1ccc(OC(F)F)cc1.I. The first kappa shape index (κ1) is 23.8. The molecule has 0 atom stereocenters. The predicted molar refractivity (Wildman–Crippen MR) is 126 cm³/mol. The molecular weight excluding hydrogens is 503 g/mol. The summed E-state index contributed by atoms with van der Waals surface area (Å²) in [5.41, 5.74) is 3.07. The highest BCUT2D eigenvalue weighted by molar-refractivity contribution is 14.0. The molecule has 0 radical (unpaired) electrons. The van der Waals surface area contributed by atoms with Gasteiger partial charge in [0.25, 0.3) is 0 Å². The first-order chi connectivity index (χ1) is 14.0. The standard InChI is InChI=1S/C21H25F2N5O.HI/c1-15-26-18-6-4-5-7-19(18)28(15)13-12-25-21(24-2)27(3)14-16-8-10-17(11-9-16)29-20(22)23;/h4-11,20H,12-14H2,1-3H3,(H,24,25);1H. The quantitative estimate of drug-likeness (QED) is 0.282. The Balaban J connectivity index is 0.00000320. The molecule has 0 spiro atoms. The average Bonchev–Trinajstić information content (AvgIpc) is 3.01. The molecule has 6 nitrogen and oxygen atoms in total. The highest BCUT2D eigenvalue weighted by atomic mass is 127. The fourth-order valence-corrected chi connectivity index (χ4v) is 3.27. The minimum Gasteiger partial charge on any atom is -0.435 e. The molecule has 0 saturated heterocycles. The van der Waals surface area contributed by atoms with Crippen LogP contribution in [-0.2, 0) is 13.1 Å². The second-order valence-corrected chi connectivity index (χ2v) is 6.65. The van der Waals surface area contributed by atoms with Gasteiger partial charge in [0.1, 0.15) is 11.6 Å². The summed E-state index contributed by atoms with van der Waals surface area (Å²) in [6, 6.07) is 14.7. The van der Waals surface area contributed by atoms with Gasteiger partial charge in [-0.05, 0) is 36.8 Å². The zero-order valence-corrected chi connectivity index (χ0v) is 19.5. The molecule has 9 heteroatoms. The number of aryl methyl sites for hydroxylation is 1. The topological polar surface area (TPSA) is 54.7 Å². The highest BCUT2D eigenvalue weighted by Crippen LogP contribution is 2.16. The van der Waals surface area contributed by atoms with Gasteiger partial charge < -0.3 is 19.5 Å². The molecule has 3 aromatic rings. The first-order valence-corrected chi connectivity index (χ1v) is 9.35. The van der Waals surface area contributed by atoms with Crippen LogP contribution >= 0.6 is 24.0 Å². The zero-order chi connectivity index (χ0) is 20.8. The second-order valence-electron chi connectivity index (χ2n) is 6.65. The van der Waals surface area contributed by atoms with Gasteiger partial charge in [-0.15, -0.1) is 24.0 Å². The van der Waals surface area contributed by atoms with Crippen LogP contribution in [0.2, 0.25) is 0 Å². The molecule has 0 bridgehead atoms.